The molecule has 0 amide bonds. The molecule has 1 N–H and O–H groups in total. The van der Waals surface area contributed by atoms with Crippen molar-refractivity contribution >= 4 is 5.97 Å². The molecule has 0 spiro atoms. The number of likely N-dealkylation sites (tertiary alicyclic amines) is 1. The van der Waals surface area contributed by atoms with Crippen molar-refractivity contribution in [2.24, 2.45) is 5.92 Å². The first-order valence-corrected chi connectivity index (χ1v) is 6.29. The van der Waals surface area contributed by atoms with Crippen molar-refractivity contribution in [2.75, 3.05) is 19.7 Å². The first-order chi connectivity index (χ1) is 7.70. The summed E-state index contributed by atoms with van der Waals surface area (Å²) in [6.07, 6.45) is 3.99. The van der Waals surface area contributed by atoms with Gasteiger partial charge in [0.15, 0.2) is 6.10 Å². The smallest absolute Gasteiger partial charge is 0.332 e. The zero-order chi connectivity index (χ0) is 11.5. The molecular formula is C12H21NO3. The van der Waals surface area contributed by atoms with Gasteiger partial charge in [-0.05, 0) is 38.5 Å². The first-order valence-electron chi connectivity index (χ1n) is 6.29. The van der Waals surface area contributed by atoms with E-state index in [-0.39, 0.29) is 0 Å². The predicted octanol–water partition coefficient (Wildman–Crippen LogP) is 1.35. The lowest BCUT2D eigenvalue weighted by Crippen LogP contribution is -2.36. The Hall–Kier alpha value is -0.610. The van der Waals surface area contributed by atoms with Gasteiger partial charge in [0.25, 0.3) is 0 Å². The predicted molar refractivity (Wildman–Crippen MR) is 60.4 cm³/mol. The molecule has 2 rings (SSSR count). The monoisotopic (exact) mass is 227 g/mol. The lowest BCUT2D eigenvalue weighted by Gasteiger charge is -2.27. The van der Waals surface area contributed by atoms with Gasteiger partial charge in [0.1, 0.15) is 0 Å². The summed E-state index contributed by atoms with van der Waals surface area (Å²) in [4.78, 5) is 13.4. The number of carbonyl (C=O) groups is 1. The number of nitrogens with zero attached hydrogens (tertiary/aromatic N) is 1. The molecule has 0 aromatic carbocycles. The maximum Gasteiger partial charge on any atom is 0.332 e. The highest BCUT2D eigenvalue weighted by Gasteiger charge is 2.37. The highest BCUT2D eigenvalue weighted by atomic mass is 16.5. The van der Waals surface area contributed by atoms with Gasteiger partial charge in [0.05, 0.1) is 0 Å². The van der Waals surface area contributed by atoms with Crippen LogP contribution in [0.5, 0.6) is 0 Å². The SMILES string of the molecule is CCOC(CCN1CC2CCC1C2)C(=O)O. The van der Waals surface area contributed by atoms with Crippen LogP contribution in [0.4, 0.5) is 0 Å². The molecule has 0 aromatic rings. The van der Waals surface area contributed by atoms with E-state index < -0.39 is 12.1 Å². The normalized spacial score (nSPS) is 30.8. The Morgan fingerprint density at radius 1 is 1.56 bits per heavy atom. The number of carboxylic acid groups (broad SMARTS) is 1. The van der Waals surface area contributed by atoms with Gasteiger partial charge in [-0.3, -0.25) is 4.90 Å². The van der Waals surface area contributed by atoms with Crippen LogP contribution in [-0.2, 0) is 9.53 Å². The second-order valence-electron chi connectivity index (χ2n) is 4.90. The summed E-state index contributed by atoms with van der Waals surface area (Å²) in [7, 11) is 0. The lowest BCUT2D eigenvalue weighted by molar-refractivity contribution is -0.150. The summed E-state index contributed by atoms with van der Waals surface area (Å²) in [5.74, 6) is 0.0478. The Kier molecular flexibility index (Phi) is 3.82. The van der Waals surface area contributed by atoms with Gasteiger partial charge in [-0.2, -0.15) is 0 Å². The van der Waals surface area contributed by atoms with E-state index in [0.717, 1.165) is 18.5 Å². The fraction of sp³-hybridized carbons (Fsp3) is 0.917. The maximum absolute atomic E-state index is 10.9. The van der Waals surface area contributed by atoms with Crippen molar-refractivity contribution in [3.8, 4) is 0 Å². The Bertz CT molecular complexity index is 257. The molecule has 1 saturated heterocycles. The molecule has 1 heterocycles. The molecule has 3 atom stereocenters. The van der Waals surface area contributed by atoms with E-state index in [9.17, 15) is 4.79 Å². The van der Waals surface area contributed by atoms with E-state index in [1.54, 1.807) is 0 Å². The molecule has 4 nitrogen and oxygen atoms in total. The van der Waals surface area contributed by atoms with Crippen molar-refractivity contribution in [1.29, 1.82) is 0 Å². The van der Waals surface area contributed by atoms with Crippen molar-refractivity contribution in [3.63, 3.8) is 0 Å². The fourth-order valence-corrected chi connectivity index (χ4v) is 3.06. The number of aliphatic carboxylic acids is 1. The molecule has 2 fully saturated rings. The minimum atomic E-state index is -0.828. The van der Waals surface area contributed by atoms with Crippen LogP contribution in [0, 0.1) is 5.92 Å². The zero-order valence-corrected chi connectivity index (χ0v) is 9.89. The summed E-state index contributed by atoms with van der Waals surface area (Å²) >= 11 is 0. The number of piperidine rings is 1. The van der Waals surface area contributed by atoms with Crippen molar-refractivity contribution < 1.29 is 14.6 Å². The molecule has 1 saturated carbocycles. The maximum atomic E-state index is 10.9. The quantitative estimate of drug-likeness (QED) is 0.744. The van der Waals surface area contributed by atoms with E-state index in [1.807, 2.05) is 6.92 Å². The molecule has 1 aliphatic heterocycles. The van der Waals surface area contributed by atoms with Gasteiger partial charge in [0, 0.05) is 25.7 Å². The van der Waals surface area contributed by atoms with Crippen LogP contribution in [0.25, 0.3) is 0 Å². The third kappa shape index (κ3) is 2.55. The van der Waals surface area contributed by atoms with E-state index in [4.69, 9.17) is 9.84 Å². The molecule has 0 radical (unpaired) electrons. The average molecular weight is 227 g/mol. The highest BCUT2D eigenvalue weighted by Crippen LogP contribution is 2.37. The summed E-state index contributed by atoms with van der Waals surface area (Å²) in [6, 6.07) is 0.723. The van der Waals surface area contributed by atoms with E-state index >= 15 is 0 Å². The minimum absolute atomic E-state index is 0.475. The molecule has 3 unspecified atom stereocenters. The van der Waals surface area contributed by atoms with Gasteiger partial charge in [0.2, 0.25) is 0 Å². The molecule has 0 aromatic heterocycles. The Morgan fingerprint density at radius 3 is 2.88 bits per heavy atom. The van der Waals surface area contributed by atoms with Crippen molar-refractivity contribution in [1.82, 2.24) is 4.90 Å². The van der Waals surface area contributed by atoms with Crippen LogP contribution in [0.3, 0.4) is 0 Å². The zero-order valence-electron chi connectivity index (χ0n) is 9.89. The number of hydrogen-bond acceptors (Lipinski definition) is 3. The Labute approximate surface area is 96.6 Å². The Balaban J connectivity index is 1.75. The topological polar surface area (TPSA) is 49.8 Å². The molecule has 2 bridgehead atoms. The van der Waals surface area contributed by atoms with Gasteiger partial charge >= 0.3 is 5.97 Å². The molecule has 4 heteroatoms. The number of carboxylic acids is 1. The molecule has 92 valence electrons. The molecular weight excluding hydrogens is 206 g/mol. The van der Waals surface area contributed by atoms with Gasteiger partial charge < -0.3 is 9.84 Å². The van der Waals surface area contributed by atoms with Crippen LogP contribution >= 0.6 is 0 Å². The molecule has 16 heavy (non-hydrogen) atoms. The second kappa shape index (κ2) is 5.15. The minimum Gasteiger partial charge on any atom is -0.479 e. The van der Waals surface area contributed by atoms with Gasteiger partial charge in [-0.25, -0.2) is 4.79 Å². The third-order valence-electron chi connectivity index (χ3n) is 3.84. The third-order valence-corrected chi connectivity index (χ3v) is 3.84. The largest absolute Gasteiger partial charge is 0.479 e. The van der Waals surface area contributed by atoms with Gasteiger partial charge in [-0.1, -0.05) is 0 Å². The number of ether oxygens (including phenoxy) is 1. The first kappa shape index (κ1) is 11.9. The number of rotatable bonds is 6. The van der Waals surface area contributed by atoms with E-state index in [0.29, 0.717) is 13.0 Å². The van der Waals surface area contributed by atoms with Crippen LogP contribution in [0.1, 0.15) is 32.6 Å². The van der Waals surface area contributed by atoms with Crippen molar-refractivity contribution in [3.05, 3.63) is 0 Å². The molecule has 2 aliphatic rings. The summed E-state index contributed by atoms with van der Waals surface area (Å²) in [6.45, 7) is 4.36. The van der Waals surface area contributed by atoms with E-state index in [1.165, 1.54) is 25.8 Å². The number of hydrogen-bond donors (Lipinski definition) is 1. The standard InChI is InChI=1S/C12H21NO3/c1-2-16-11(12(14)15)5-6-13-8-9-3-4-10(13)7-9/h9-11H,2-8H2,1H3,(H,14,15). The average Bonchev–Trinajstić information content (AvgIpc) is 2.85. The van der Waals surface area contributed by atoms with Crippen LogP contribution in [0.15, 0.2) is 0 Å². The summed E-state index contributed by atoms with van der Waals surface area (Å²) in [5, 5.41) is 8.97. The fourth-order valence-electron chi connectivity index (χ4n) is 3.06. The van der Waals surface area contributed by atoms with Gasteiger partial charge in [-0.15, -0.1) is 0 Å². The van der Waals surface area contributed by atoms with Crippen molar-refractivity contribution in [2.45, 2.75) is 44.8 Å². The molecule has 1 aliphatic carbocycles. The van der Waals surface area contributed by atoms with E-state index in [2.05, 4.69) is 4.90 Å². The van der Waals surface area contributed by atoms with Crippen LogP contribution in [-0.4, -0.2) is 47.8 Å². The van der Waals surface area contributed by atoms with Crippen LogP contribution in [0.2, 0.25) is 0 Å². The lowest BCUT2D eigenvalue weighted by atomic mass is 10.1. The number of fused-ring (bicyclic) bond motifs is 2. The second-order valence-corrected chi connectivity index (χ2v) is 4.90. The Morgan fingerprint density at radius 2 is 2.38 bits per heavy atom. The highest BCUT2D eigenvalue weighted by molar-refractivity contribution is 5.72. The summed E-state index contributed by atoms with van der Waals surface area (Å²) in [5.41, 5.74) is 0. The van der Waals surface area contributed by atoms with Crippen LogP contribution < -0.4 is 0 Å². The summed E-state index contributed by atoms with van der Waals surface area (Å²) < 4.78 is 5.22.